The first-order chi connectivity index (χ1) is 9.86. The summed E-state index contributed by atoms with van der Waals surface area (Å²) in [6, 6.07) is 2.65. The maximum absolute atomic E-state index is 14.3. The number of carboxylic acid groups (broad SMARTS) is 1. The van der Waals surface area contributed by atoms with Crippen LogP contribution in [0.25, 0.3) is 11.4 Å². The van der Waals surface area contributed by atoms with Gasteiger partial charge in [0.05, 0.1) is 17.7 Å². The second-order valence-electron chi connectivity index (χ2n) is 3.84. The molecule has 3 N–H and O–H groups in total. The number of aromatic nitrogens is 2. The molecule has 2 rings (SSSR count). The van der Waals surface area contributed by atoms with Crippen molar-refractivity contribution in [2.75, 3.05) is 12.8 Å². The summed E-state index contributed by atoms with van der Waals surface area (Å²) >= 11 is 11.5. The topological polar surface area (TPSA) is 98.3 Å². The number of aromatic carboxylic acids is 1. The number of nitrogens with two attached hydrogens (primary N) is 1. The summed E-state index contributed by atoms with van der Waals surface area (Å²) in [7, 11) is 1.24. The predicted molar refractivity (Wildman–Crippen MR) is 82.5 cm³/mol. The van der Waals surface area contributed by atoms with Crippen LogP contribution in [0.2, 0.25) is 10.0 Å². The van der Waals surface area contributed by atoms with Gasteiger partial charge in [0.15, 0.2) is 23.1 Å². The summed E-state index contributed by atoms with van der Waals surface area (Å²) in [6.45, 7) is 0. The number of benzene rings is 1. The Bertz CT molecular complexity index is 746. The van der Waals surface area contributed by atoms with Crippen LogP contribution in [0.4, 0.5) is 10.2 Å². The van der Waals surface area contributed by atoms with Gasteiger partial charge in [0, 0.05) is 0 Å². The molecule has 0 saturated heterocycles. The zero-order valence-corrected chi connectivity index (χ0v) is 12.0. The number of hydrogen-bond acceptors (Lipinski definition) is 5. The van der Waals surface area contributed by atoms with Crippen molar-refractivity contribution in [1.82, 2.24) is 9.97 Å². The zero-order valence-electron chi connectivity index (χ0n) is 10.5. The van der Waals surface area contributed by atoms with Crippen LogP contribution in [0.15, 0.2) is 12.1 Å². The molecule has 0 radical (unpaired) electrons. The molecule has 6 nitrogen and oxygen atoms in total. The van der Waals surface area contributed by atoms with E-state index in [2.05, 4.69) is 9.97 Å². The minimum atomic E-state index is -1.41. The molecular formula is C12H9Cl2FKN3O3. The zero-order chi connectivity index (χ0) is 15.7. The summed E-state index contributed by atoms with van der Waals surface area (Å²) < 4.78 is 19.1. The maximum atomic E-state index is 14.3. The molecule has 2 aromatic rings. The van der Waals surface area contributed by atoms with Crippen molar-refractivity contribution in [1.29, 1.82) is 0 Å². The summed E-state index contributed by atoms with van der Waals surface area (Å²) in [4.78, 5) is 18.5. The fourth-order valence-electron chi connectivity index (χ4n) is 1.62. The van der Waals surface area contributed by atoms with Gasteiger partial charge in [-0.05, 0) is 12.1 Å². The van der Waals surface area contributed by atoms with Crippen LogP contribution in [0.1, 0.15) is 10.5 Å². The standard InChI is InChI=1S/C12H8Cl2FN3O3.K.H/c1-21-9-5(13)3-2-4(7(9)15)11-17-8(12(19)20)6(14)10(16)18-11;;/h2-3H,1H3,(H,19,20)(H2,16,17,18);;. The van der Waals surface area contributed by atoms with Crippen molar-refractivity contribution >= 4 is 86.4 Å². The van der Waals surface area contributed by atoms with Crippen molar-refractivity contribution in [2.45, 2.75) is 0 Å². The van der Waals surface area contributed by atoms with E-state index in [1.54, 1.807) is 0 Å². The van der Waals surface area contributed by atoms with Gasteiger partial charge >= 0.3 is 57.4 Å². The number of nitrogen functional groups attached to an aromatic ring is 1. The van der Waals surface area contributed by atoms with Crippen LogP contribution in [-0.4, -0.2) is 79.5 Å². The van der Waals surface area contributed by atoms with E-state index in [9.17, 15) is 9.18 Å². The Morgan fingerprint density at radius 1 is 1.36 bits per heavy atom. The molecule has 0 spiro atoms. The Hall–Kier alpha value is -0.484. The SMILES string of the molecule is COc1c(Cl)ccc(-c2nc(N)c(Cl)c(C(=O)O)n2)c1F.[KH]. The number of anilines is 1. The van der Waals surface area contributed by atoms with Crippen LogP contribution in [0.3, 0.4) is 0 Å². The molecule has 10 heteroatoms. The number of carbonyl (C=O) groups is 1. The van der Waals surface area contributed by atoms with Gasteiger partial charge in [0.2, 0.25) is 0 Å². The van der Waals surface area contributed by atoms with Crippen LogP contribution >= 0.6 is 23.2 Å². The first-order valence-corrected chi connectivity index (χ1v) is 6.21. The van der Waals surface area contributed by atoms with Gasteiger partial charge in [-0.1, -0.05) is 23.2 Å². The fourth-order valence-corrected chi connectivity index (χ4v) is 2.01. The first kappa shape index (κ1) is 19.6. The van der Waals surface area contributed by atoms with E-state index in [0.29, 0.717) is 0 Å². The van der Waals surface area contributed by atoms with Crippen LogP contribution in [-0.2, 0) is 0 Å². The Morgan fingerprint density at radius 2 is 2.00 bits per heavy atom. The van der Waals surface area contributed by atoms with E-state index in [1.807, 2.05) is 0 Å². The van der Waals surface area contributed by atoms with E-state index in [1.165, 1.54) is 19.2 Å². The van der Waals surface area contributed by atoms with Gasteiger partial charge < -0.3 is 15.6 Å². The van der Waals surface area contributed by atoms with Gasteiger partial charge in [-0.2, -0.15) is 0 Å². The number of hydrogen-bond donors (Lipinski definition) is 2. The normalized spacial score (nSPS) is 10.0. The number of nitrogens with zero attached hydrogens (tertiary/aromatic N) is 2. The average molecular weight is 372 g/mol. The van der Waals surface area contributed by atoms with Crippen molar-refractivity contribution in [3.05, 3.63) is 33.7 Å². The molecule has 0 unspecified atom stereocenters. The van der Waals surface area contributed by atoms with Crippen LogP contribution < -0.4 is 10.5 Å². The van der Waals surface area contributed by atoms with Gasteiger partial charge in [0.25, 0.3) is 0 Å². The average Bonchev–Trinajstić information content (AvgIpc) is 2.42. The molecule has 0 saturated carbocycles. The molecule has 0 fully saturated rings. The Kier molecular flexibility index (Phi) is 7.00. The first-order valence-electron chi connectivity index (χ1n) is 5.45. The third-order valence-corrected chi connectivity index (χ3v) is 3.24. The Labute approximate surface area is 177 Å². The fraction of sp³-hybridized carbons (Fsp3) is 0.0833. The van der Waals surface area contributed by atoms with Gasteiger partial charge in [-0.25, -0.2) is 19.2 Å². The molecule has 0 bridgehead atoms. The molecular weight excluding hydrogens is 363 g/mol. The van der Waals surface area contributed by atoms with Crippen molar-refractivity contribution in [3.8, 4) is 17.1 Å². The number of halogens is 3. The quantitative estimate of drug-likeness (QED) is 0.802. The third kappa shape index (κ3) is 3.70. The summed E-state index contributed by atoms with van der Waals surface area (Å²) in [6.07, 6.45) is 0. The van der Waals surface area contributed by atoms with Gasteiger partial charge in [-0.15, -0.1) is 0 Å². The number of carboxylic acids is 1. The Balaban J connectivity index is 0.00000242. The number of methoxy groups -OCH3 is 1. The van der Waals surface area contributed by atoms with E-state index in [-0.39, 0.29) is 84.4 Å². The molecule has 0 aliphatic heterocycles. The summed E-state index contributed by atoms with van der Waals surface area (Å²) in [5.41, 5.74) is 4.89. The van der Waals surface area contributed by atoms with E-state index >= 15 is 0 Å². The second kappa shape index (κ2) is 7.87. The van der Waals surface area contributed by atoms with Crippen molar-refractivity contribution in [2.24, 2.45) is 0 Å². The second-order valence-corrected chi connectivity index (χ2v) is 4.63. The molecule has 22 heavy (non-hydrogen) atoms. The van der Waals surface area contributed by atoms with E-state index in [0.717, 1.165) is 0 Å². The predicted octanol–water partition coefficient (Wildman–Crippen LogP) is 2.23. The van der Waals surface area contributed by atoms with Crippen LogP contribution in [0, 0.1) is 5.82 Å². The molecule has 0 aliphatic carbocycles. The number of ether oxygens (including phenoxy) is 1. The molecule has 112 valence electrons. The number of rotatable bonds is 3. The van der Waals surface area contributed by atoms with Crippen molar-refractivity contribution < 1.29 is 19.0 Å². The molecule has 1 aromatic heterocycles. The monoisotopic (exact) mass is 371 g/mol. The summed E-state index contributed by atoms with van der Waals surface area (Å²) in [5, 5.41) is 8.75. The van der Waals surface area contributed by atoms with Gasteiger partial charge in [0.1, 0.15) is 10.8 Å². The minimum absolute atomic E-state index is 0. The molecule has 1 aromatic carbocycles. The molecule has 1 heterocycles. The molecule has 0 atom stereocenters. The van der Waals surface area contributed by atoms with Crippen LogP contribution in [0.5, 0.6) is 5.75 Å². The summed E-state index contributed by atoms with van der Waals surface area (Å²) in [5.74, 6) is -2.95. The van der Waals surface area contributed by atoms with Crippen molar-refractivity contribution in [3.63, 3.8) is 0 Å². The van der Waals surface area contributed by atoms with E-state index in [4.69, 9.17) is 38.8 Å². The molecule has 0 amide bonds. The van der Waals surface area contributed by atoms with E-state index < -0.39 is 17.5 Å². The molecule has 0 aliphatic rings. The third-order valence-electron chi connectivity index (χ3n) is 2.57. The van der Waals surface area contributed by atoms with Gasteiger partial charge in [-0.3, -0.25) is 0 Å². The Morgan fingerprint density at radius 3 is 2.55 bits per heavy atom.